The molecule has 2 heterocycles. The Morgan fingerprint density at radius 3 is 2.90 bits per heavy atom. The average molecular weight is 286 g/mol. The van der Waals surface area contributed by atoms with Crippen molar-refractivity contribution < 1.29 is 9.76 Å². The highest BCUT2D eigenvalue weighted by molar-refractivity contribution is 7.21. The monoisotopic (exact) mass is 286 g/mol. The maximum Gasteiger partial charge on any atom is 0.326 e. The number of aromatic nitrogens is 2. The minimum atomic E-state index is 0.436. The number of hydrogen-bond acceptors (Lipinski definition) is 5. The van der Waals surface area contributed by atoms with E-state index in [2.05, 4.69) is 9.97 Å². The molecule has 0 saturated heterocycles. The smallest absolute Gasteiger partial charge is 0.243 e. The van der Waals surface area contributed by atoms with E-state index >= 15 is 0 Å². The van der Waals surface area contributed by atoms with Crippen molar-refractivity contribution in [2.45, 2.75) is 6.92 Å². The van der Waals surface area contributed by atoms with Crippen molar-refractivity contribution in [2.24, 2.45) is 0 Å². The van der Waals surface area contributed by atoms with Crippen molar-refractivity contribution in [3.05, 3.63) is 47.0 Å². The highest BCUT2D eigenvalue weighted by Crippen LogP contribution is 2.34. The topological polar surface area (TPSA) is 55.1 Å². The lowest BCUT2D eigenvalue weighted by molar-refractivity contribution is -0.736. The molecule has 0 amide bonds. The molecule has 1 aromatic carbocycles. The molecule has 0 saturated carbocycles. The first-order valence-corrected chi connectivity index (χ1v) is 6.84. The summed E-state index contributed by atoms with van der Waals surface area (Å²) < 4.78 is 0. The van der Waals surface area contributed by atoms with Gasteiger partial charge in [0.25, 0.3) is 4.92 Å². The summed E-state index contributed by atoms with van der Waals surface area (Å²) in [5, 5.41) is 0.756. The molecular weight excluding hydrogens is 274 g/mol. The van der Waals surface area contributed by atoms with Gasteiger partial charge in [-0.05, 0) is 24.6 Å². The summed E-state index contributed by atoms with van der Waals surface area (Å²) in [5.41, 5.74) is 3.08. The average Bonchev–Trinajstić information content (AvgIpc) is 2.89. The molecule has 3 aromatic rings. The number of hydrogen-bond donors (Lipinski definition) is 0. The number of benzene rings is 1. The largest absolute Gasteiger partial charge is 0.326 e. The Kier molecular flexibility index (Phi) is 3.15. The van der Waals surface area contributed by atoms with Gasteiger partial charge in [0.05, 0.1) is 10.5 Å². The zero-order chi connectivity index (χ0) is 14.1. The highest BCUT2D eigenvalue weighted by Gasteiger charge is 2.23. The molecule has 3 rings (SSSR count). The Bertz CT molecular complexity index is 798. The van der Waals surface area contributed by atoms with Crippen LogP contribution in [0.3, 0.4) is 0 Å². The Labute approximate surface area is 119 Å². The maximum absolute atomic E-state index is 11.7. The van der Waals surface area contributed by atoms with Gasteiger partial charge in [-0.3, -0.25) is 0 Å². The van der Waals surface area contributed by atoms with Crippen LogP contribution in [0.25, 0.3) is 20.9 Å². The van der Waals surface area contributed by atoms with E-state index in [1.807, 2.05) is 31.3 Å². The minimum Gasteiger partial charge on any atom is -0.243 e. The summed E-state index contributed by atoms with van der Waals surface area (Å²) in [5.74, 6) is 0. The molecule has 20 heavy (non-hydrogen) atoms. The van der Waals surface area contributed by atoms with Gasteiger partial charge in [-0.15, -0.1) is 0 Å². The van der Waals surface area contributed by atoms with Gasteiger partial charge >= 0.3 is 5.69 Å². The van der Waals surface area contributed by atoms with Crippen LogP contribution in [0, 0.1) is 11.8 Å². The van der Waals surface area contributed by atoms with Crippen molar-refractivity contribution in [1.29, 1.82) is 0 Å². The first-order chi connectivity index (χ1) is 9.69. The zero-order valence-corrected chi connectivity index (χ0v) is 11.8. The van der Waals surface area contributed by atoms with Crippen LogP contribution in [0.5, 0.6) is 0 Å². The van der Waals surface area contributed by atoms with E-state index in [9.17, 15) is 4.91 Å². The molecule has 2 aromatic heterocycles. The number of fused-ring (bicyclic) bond motifs is 1. The van der Waals surface area contributed by atoms with Crippen molar-refractivity contribution in [1.82, 2.24) is 9.97 Å². The van der Waals surface area contributed by atoms with Gasteiger partial charge in [0, 0.05) is 12.3 Å². The summed E-state index contributed by atoms with van der Waals surface area (Å²) in [6.07, 6.45) is 1.81. The lowest BCUT2D eigenvalue weighted by Gasteiger charge is -1.96. The molecule has 100 valence electrons. The van der Waals surface area contributed by atoms with Crippen LogP contribution >= 0.6 is 11.3 Å². The molecule has 0 aliphatic heterocycles. The van der Waals surface area contributed by atoms with Crippen LogP contribution in [-0.2, 0) is 4.84 Å². The second kappa shape index (κ2) is 4.97. The third-order valence-corrected chi connectivity index (χ3v) is 3.89. The van der Waals surface area contributed by atoms with E-state index in [-0.39, 0.29) is 0 Å². The fourth-order valence-corrected chi connectivity index (χ4v) is 2.88. The lowest BCUT2D eigenvalue weighted by Crippen LogP contribution is -1.99. The minimum absolute atomic E-state index is 0.436. The Morgan fingerprint density at radius 2 is 2.10 bits per heavy atom. The lowest BCUT2D eigenvalue weighted by atomic mass is 10.2. The standard InChI is InChI=1S/C14H12N3O2S/c1-9-7-11-14(15-8-9)20-13(16-11)10-5-3-4-6-12(10)17(18)19-2/h3-8H,1-2H3/q+1. The molecule has 0 unspecified atom stereocenters. The van der Waals surface area contributed by atoms with Gasteiger partial charge in [-0.2, -0.15) is 0 Å². The number of rotatable bonds is 3. The van der Waals surface area contributed by atoms with Crippen LogP contribution in [0.1, 0.15) is 5.56 Å². The maximum atomic E-state index is 11.7. The summed E-state index contributed by atoms with van der Waals surface area (Å²) in [6.45, 7) is 1.98. The summed E-state index contributed by atoms with van der Waals surface area (Å²) in [7, 11) is 1.34. The fraction of sp³-hybridized carbons (Fsp3) is 0.143. The first kappa shape index (κ1) is 12.7. The van der Waals surface area contributed by atoms with E-state index in [0.29, 0.717) is 10.6 Å². The molecular formula is C14H12N3O2S+. The molecule has 0 radical (unpaired) electrons. The third-order valence-electron chi connectivity index (χ3n) is 2.88. The van der Waals surface area contributed by atoms with Gasteiger partial charge in [-0.1, -0.05) is 23.5 Å². The molecule has 0 aliphatic carbocycles. The van der Waals surface area contributed by atoms with Crippen LogP contribution in [0.15, 0.2) is 36.5 Å². The van der Waals surface area contributed by atoms with E-state index in [1.54, 1.807) is 12.1 Å². The van der Waals surface area contributed by atoms with Crippen molar-refractivity contribution >= 4 is 27.4 Å². The molecule has 0 aliphatic rings. The van der Waals surface area contributed by atoms with E-state index in [1.165, 1.54) is 18.4 Å². The first-order valence-electron chi connectivity index (χ1n) is 6.03. The SMILES string of the molecule is CO[N+](=O)c1ccccc1-c1nc2cc(C)cnc2s1. The van der Waals surface area contributed by atoms with Gasteiger partial charge < -0.3 is 0 Å². The van der Waals surface area contributed by atoms with Gasteiger partial charge in [0.2, 0.25) is 0 Å². The summed E-state index contributed by atoms with van der Waals surface area (Å²) in [4.78, 5) is 26.7. The molecule has 5 nitrogen and oxygen atoms in total. The van der Waals surface area contributed by atoms with Crippen LogP contribution in [0.2, 0.25) is 0 Å². The highest BCUT2D eigenvalue weighted by atomic mass is 32.1. The van der Waals surface area contributed by atoms with Gasteiger partial charge in [0.1, 0.15) is 15.4 Å². The number of para-hydroxylation sites is 1. The Balaban J connectivity index is 2.18. The Morgan fingerprint density at radius 1 is 1.30 bits per heavy atom. The predicted molar refractivity (Wildman–Crippen MR) is 77.9 cm³/mol. The van der Waals surface area contributed by atoms with E-state index < -0.39 is 0 Å². The zero-order valence-electron chi connectivity index (χ0n) is 11.0. The number of thiazole rings is 1. The van der Waals surface area contributed by atoms with Crippen molar-refractivity contribution in [2.75, 3.05) is 7.11 Å². The second-order valence-electron chi connectivity index (χ2n) is 4.31. The van der Waals surface area contributed by atoms with Crippen LogP contribution < -0.4 is 0 Å². The van der Waals surface area contributed by atoms with Crippen molar-refractivity contribution in [3.8, 4) is 10.6 Å². The molecule has 6 heteroatoms. The second-order valence-corrected chi connectivity index (χ2v) is 5.29. The van der Waals surface area contributed by atoms with E-state index in [0.717, 1.165) is 26.5 Å². The molecule has 0 fully saturated rings. The molecule has 0 spiro atoms. The van der Waals surface area contributed by atoms with Gasteiger partial charge in [0.15, 0.2) is 7.11 Å². The molecule has 0 bridgehead atoms. The Hall–Kier alpha value is -2.34. The predicted octanol–water partition coefficient (Wildman–Crippen LogP) is 3.64. The number of aryl methyl sites for hydroxylation is 1. The molecule has 0 N–H and O–H groups in total. The van der Waals surface area contributed by atoms with Crippen LogP contribution in [0.4, 0.5) is 5.69 Å². The van der Waals surface area contributed by atoms with Crippen LogP contribution in [-0.4, -0.2) is 22.0 Å². The third kappa shape index (κ3) is 2.14. The molecule has 0 atom stereocenters. The number of nitrogens with zero attached hydrogens (tertiary/aromatic N) is 3. The normalized spacial score (nSPS) is 10.7. The summed E-state index contributed by atoms with van der Waals surface area (Å²) in [6, 6.07) is 9.20. The van der Waals surface area contributed by atoms with E-state index in [4.69, 9.17) is 4.84 Å². The van der Waals surface area contributed by atoms with Gasteiger partial charge in [-0.25, -0.2) is 14.8 Å². The summed E-state index contributed by atoms with van der Waals surface area (Å²) >= 11 is 1.46. The fourth-order valence-electron chi connectivity index (χ4n) is 1.95. The van der Waals surface area contributed by atoms with Crippen molar-refractivity contribution in [3.63, 3.8) is 0 Å². The quantitative estimate of drug-likeness (QED) is 0.690. The number of pyridine rings is 1.